The lowest BCUT2D eigenvalue weighted by molar-refractivity contribution is -0.00346. The Bertz CT molecular complexity index is 685. The third-order valence-corrected chi connectivity index (χ3v) is 7.91. The zero-order valence-corrected chi connectivity index (χ0v) is 19.9. The predicted molar refractivity (Wildman–Crippen MR) is 126 cm³/mol. The molecule has 2 saturated heterocycles. The number of halogens is 1. The molecule has 1 aliphatic carbocycles. The fourth-order valence-electron chi connectivity index (χ4n) is 5.46. The fourth-order valence-corrected chi connectivity index (χ4v) is 5.82. The molecule has 160 valence electrons. The summed E-state index contributed by atoms with van der Waals surface area (Å²) < 4.78 is 7.14. The minimum absolute atomic E-state index is 0.176. The van der Waals surface area contributed by atoms with E-state index in [1.54, 1.807) is 0 Å². The number of carbonyl (C=O) groups excluding carboxylic acids is 1. The summed E-state index contributed by atoms with van der Waals surface area (Å²) in [5, 5.41) is 0. The van der Waals surface area contributed by atoms with Crippen molar-refractivity contribution in [2.45, 2.75) is 70.3 Å². The van der Waals surface area contributed by atoms with E-state index in [4.69, 9.17) is 4.74 Å². The van der Waals surface area contributed by atoms with Gasteiger partial charge in [-0.2, -0.15) is 0 Å². The number of nitrogens with zero attached hydrogens (tertiary/aromatic N) is 2. The first-order valence-corrected chi connectivity index (χ1v) is 12.6. The summed E-state index contributed by atoms with van der Waals surface area (Å²) in [7, 11) is 0. The number of carbonyl (C=O) groups is 1. The van der Waals surface area contributed by atoms with Crippen molar-refractivity contribution in [2.24, 2.45) is 11.8 Å². The maximum Gasteiger partial charge on any atom is 0.415 e. The standard InChI is InChI=1S/C24H35IN2O2/c1-19-6-4-2-3-5-7-20(16-19)17-26-14-12-24(13-15-26)18-27(23(28)29-24)22-10-8-21(25)9-11-22/h8-11,19-20H,2-7,12-18H2,1H3. The first-order valence-electron chi connectivity index (χ1n) is 11.5. The largest absolute Gasteiger partial charge is 0.441 e. The second-order valence-electron chi connectivity index (χ2n) is 9.61. The molecule has 2 unspecified atom stereocenters. The third kappa shape index (κ3) is 5.46. The number of hydrogen-bond donors (Lipinski definition) is 0. The molecule has 3 aliphatic rings. The van der Waals surface area contributed by atoms with Gasteiger partial charge in [0.1, 0.15) is 5.60 Å². The normalized spacial score (nSPS) is 28.6. The SMILES string of the molecule is CC1CCCCCCC(CN2CCC3(CC2)CN(c2ccc(I)cc2)C(=O)O3)C1. The number of piperidine rings is 1. The minimum Gasteiger partial charge on any atom is -0.441 e. The highest BCUT2D eigenvalue weighted by Crippen LogP contribution is 2.36. The fraction of sp³-hybridized carbons (Fsp3) is 0.708. The summed E-state index contributed by atoms with van der Waals surface area (Å²) in [4.78, 5) is 17.0. The Morgan fingerprint density at radius 2 is 1.76 bits per heavy atom. The van der Waals surface area contributed by atoms with Crippen LogP contribution in [-0.4, -0.2) is 42.8 Å². The van der Waals surface area contributed by atoms with Gasteiger partial charge in [-0.15, -0.1) is 0 Å². The lowest BCUT2D eigenvalue weighted by Gasteiger charge is -2.39. The Morgan fingerprint density at radius 1 is 1.07 bits per heavy atom. The second kappa shape index (κ2) is 9.54. The molecule has 4 nitrogen and oxygen atoms in total. The topological polar surface area (TPSA) is 32.8 Å². The van der Waals surface area contributed by atoms with Crippen LogP contribution < -0.4 is 4.90 Å². The van der Waals surface area contributed by atoms with Crippen molar-refractivity contribution in [3.05, 3.63) is 27.8 Å². The van der Waals surface area contributed by atoms with E-state index in [1.807, 2.05) is 17.0 Å². The van der Waals surface area contributed by atoms with E-state index in [-0.39, 0.29) is 11.7 Å². The summed E-state index contributed by atoms with van der Waals surface area (Å²) in [6.45, 7) is 6.48. The van der Waals surface area contributed by atoms with E-state index in [2.05, 4.69) is 46.5 Å². The van der Waals surface area contributed by atoms with Gasteiger partial charge in [-0.3, -0.25) is 4.90 Å². The molecule has 1 spiro atoms. The first kappa shape index (κ1) is 21.4. The van der Waals surface area contributed by atoms with Crippen molar-refractivity contribution in [1.29, 1.82) is 0 Å². The molecule has 0 radical (unpaired) electrons. The maximum absolute atomic E-state index is 12.6. The van der Waals surface area contributed by atoms with Crippen LogP contribution in [0.15, 0.2) is 24.3 Å². The van der Waals surface area contributed by atoms with Crippen LogP contribution in [0.5, 0.6) is 0 Å². The average molecular weight is 510 g/mol. The quantitative estimate of drug-likeness (QED) is 0.463. The molecule has 5 heteroatoms. The molecule has 1 amide bonds. The summed E-state index contributed by atoms with van der Waals surface area (Å²) in [6.07, 6.45) is 11.6. The summed E-state index contributed by atoms with van der Waals surface area (Å²) in [6, 6.07) is 8.15. The summed E-state index contributed by atoms with van der Waals surface area (Å²) in [5.41, 5.74) is 0.664. The smallest absolute Gasteiger partial charge is 0.415 e. The van der Waals surface area contributed by atoms with Gasteiger partial charge < -0.3 is 9.64 Å². The molecule has 0 N–H and O–H groups in total. The predicted octanol–water partition coefficient (Wildman–Crippen LogP) is 6.08. The Balaban J connectivity index is 1.31. The van der Waals surface area contributed by atoms with Crippen LogP contribution in [0, 0.1) is 15.4 Å². The molecule has 1 aromatic rings. The van der Waals surface area contributed by atoms with Crippen LogP contribution in [0.3, 0.4) is 0 Å². The van der Waals surface area contributed by atoms with E-state index >= 15 is 0 Å². The number of benzene rings is 1. The van der Waals surface area contributed by atoms with Crippen LogP contribution in [0.2, 0.25) is 0 Å². The van der Waals surface area contributed by atoms with E-state index in [9.17, 15) is 4.79 Å². The monoisotopic (exact) mass is 510 g/mol. The molecule has 29 heavy (non-hydrogen) atoms. The van der Waals surface area contributed by atoms with Crippen molar-refractivity contribution in [2.75, 3.05) is 31.1 Å². The Morgan fingerprint density at radius 3 is 2.48 bits per heavy atom. The van der Waals surface area contributed by atoms with Gasteiger partial charge in [-0.1, -0.05) is 39.0 Å². The molecule has 1 saturated carbocycles. The Kier molecular flexibility index (Phi) is 7.05. The molecular formula is C24H35IN2O2. The van der Waals surface area contributed by atoms with Gasteiger partial charge in [-0.05, 0) is 71.5 Å². The van der Waals surface area contributed by atoms with Gasteiger partial charge >= 0.3 is 6.09 Å². The van der Waals surface area contributed by atoms with Crippen LogP contribution in [-0.2, 0) is 4.74 Å². The van der Waals surface area contributed by atoms with Gasteiger partial charge in [0, 0.05) is 41.7 Å². The lowest BCUT2D eigenvalue weighted by atomic mass is 9.87. The van der Waals surface area contributed by atoms with Crippen LogP contribution in [0.25, 0.3) is 0 Å². The van der Waals surface area contributed by atoms with Gasteiger partial charge in [-0.25, -0.2) is 4.79 Å². The van der Waals surface area contributed by atoms with Crippen molar-refractivity contribution >= 4 is 34.4 Å². The Labute approximate surface area is 189 Å². The highest BCUT2D eigenvalue weighted by molar-refractivity contribution is 14.1. The first-order chi connectivity index (χ1) is 14.0. The van der Waals surface area contributed by atoms with E-state index in [0.29, 0.717) is 6.54 Å². The van der Waals surface area contributed by atoms with Gasteiger partial charge in [0.15, 0.2) is 0 Å². The van der Waals surface area contributed by atoms with Crippen molar-refractivity contribution in [3.8, 4) is 0 Å². The third-order valence-electron chi connectivity index (χ3n) is 7.19. The number of amides is 1. The molecule has 2 atom stereocenters. The number of ether oxygens (including phenoxy) is 1. The molecule has 3 fully saturated rings. The second-order valence-corrected chi connectivity index (χ2v) is 10.9. The van der Waals surface area contributed by atoms with Crippen LogP contribution >= 0.6 is 22.6 Å². The zero-order valence-electron chi connectivity index (χ0n) is 17.7. The van der Waals surface area contributed by atoms with E-state index < -0.39 is 0 Å². The lowest BCUT2D eigenvalue weighted by Crippen LogP contribution is -2.48. The highest BCUT2D eigenvalue weighted by Gasteiger charge is 2.47. The molecule has 0 bridgehead atoms. The number of likely N-dealkylation sites (tertiary alicyclic amines) is 1. The molecule has 4 rings (SSSR count). The molecular weight excluding hydrogens is 475 g/mol. The number of rotatable bonds is 3. The van der Waals surface area contributed by atoms with Crippen molar-refractivity contribution < 1.29 is 9.53 Å². The number of hydrogen-bond acceptors (Lipinski definition) is 3. The van der Waals surface area contributed by atoms with Crippen LogP contribution in [0.1, 0.15) is 64.7 Å². The number of anilines is 1. The maximum atomic E-state index is 12.6. The molecule has 2 heterocycles. The van der Waals surface area contributed by atoms with Gasteiger partial charge in [0.25, 0.3) is 0 Å². The zero-order chi connectivity index (χ0) is 20.3. The Hall–Kier alpha value is -0.820. The van der Waals surface area contributed by atoms with Crippen molar-refractivity contribution in [3.63, 3.8) is 0 Å². The van der Waals surface area contributed by atoms with Crippen molar-refractivity contribution in [1.82, 2.24) is 4.90 Å². The van der Waals surface area contributed by atoms with Gasteiger partial charge in [0.2, 0.25) is 0 Å². The van der Waals surface area contributed by atoms with Crippen LogP contribution in [0.4, 0.5) is 10.5 Å². The summed E-state index contributed by atoms with van der Waals surface area (Å²) >= 11 is 2.29. The molecule has 2 aliphatic heterocycles. The minimum atomic E-state index is -0.289. The van der Waals surface area contributed by atoms with Gasteiger partial charge in [0.05, 0.1) is 6.54 Å². The highest BCUT2D eigenvalue weighted by atomic mass is 127. The molecule has 0 aromatic heterocycles. The van der Waals surface area contributed by atoms with E-state index in [0.717, 1.165) is 43.5 Å². The average Bonchev–Trinajstić information content (AvgIpc) is 3.07. The van der Waals surface area contributed by atoms with E-state index in [1.165, 1.54) is 55.1 Å². The molecule has 1 aromatic carbocycles. The summed E-state index contributed by atoms with van der Waals surface area (Å²) in [5.74, 6) is 1.71.